The van der Waals surface area contributed by atoms with Crippen molar-refractivity contribution in [2.45, 2.75) is 52.0 Å². The van der Waals surface area contributed by atoms with Crippen molar-refractivity contribution in [1.29, 1.82) is 0 Å². The summed E-state index contributed by atoms with van der Waals surface area (Å²) in [4.78, 5) is 6.75. The second-order valence-corrected chi connectivity index (χ2v) is 7.29. The van der Waals surface area contributed by atoms with Crippen LogP contribution in [0.15, 0.2) is 5.38 Å². The average molecular weight is 288 g/mol. The van der Waals surface area contributed by atoms with Crippen molar-refractivity contribution in [2.24, 2.45) is 5.92 Å². The van der Waals surface area contributed by atoms with Crippen molar-refractivity contribution in [3.63, 3.8) is 0 Å². The Labute approximate surface area is 117 Å². The molecular formula is C14H22F2N2S. The number of piperidine rings is 1. The lowest BCUT2D eigenvalue weighted by Gasteiger charge is -2.31. The zero-order chi connectivity index (χ0) is 14.0. The third kappa shape index (κ3) is 3.96. The molecule has 0 saturated carbocycles. The molecule has 0 aliphatic carbocycles. The number of rotatable bonds is 3. The van der Waals surface area contributed by atoms with E-state index in [-0.39, 0.29) is 5.41 Å². The Morgan fingerprint density at radius 2 is 2.21 bits per heavy atom. The van der Waals surface area contributed by atoms with Crippen LogP contribution in [0.1, 0.15) is 44.3 Å². The number of hydrogen-bond donors (Lipinski definition) is 0. The molecule has 1 aromatic heterocycles. The molecule has 0 spiro atoms. The fourth-order valence-corrected chi connectivity index (χ4v) is 3.42. The van der Waals surface area contributed by atoms with Crippen LogP contribution in [0.3, 0.4) is 0 Å². The fourth-order valence-electron chi connectivity index (χ4n) is 2.36. The summed E-state index contributed by atoms with van der Waals surface area (Å²) in [5.41, 5.74) is 1.15. The molecule has 1 saturated heterocycles. The zero-order valence-electron chi connectivity index (χ0n) is 11.8. The van der Waals surface area contributed by atoms with Gasteiger partial charge < -0.3 is 0 Å². The first-order chi connectivity index (χ1) is 8.86. The van der Waals surface area contributed by atoms with Gasteiger partial charge in [0, 0.05) is 23.3 Å². The van der Waals surface area contributed by atoms with Crippen LogP contribution in [0.4, 0.5) is 8.78 Å². The van der Waals surface area contributed by atoms with Gasteiger partial charge in [-0.05, 0) is 19.4 Å². The summed E-state index contributed by atoms with van der Waals surface area (Å²) in [6.07, 6.45) is -0.671. The van der Waals surface area contributed by atoms with E-state index in [1.807, 2.05) is 0 Å². The Bertz CT molecular complexity index is 412. The van der Waals surface area contributed by atoms with E-state index in [0.717, 1.165) is 23.7 Å². The molecule has 1 fully saturated rings. The van der Waals surface area contributed by atoms with Crippen molar-refractivity contribution in [3.05, 3.63) is 16.1 Å². The Hall–Kier alpha value is -0.550. The quantitative estimate of drug-likeness (QED) is 0.838. The van der Waals surface area contributed by atoms with Crippen LogP contribution in [0.25, 0.3) is 0 Å². The highest BCUT2D eigenvalue weighted by molar-refractivity contribution is 7.09. The smallest absolute Gasteiger partial charge is 0.242 e. The second kappa shape index (κ2) is 5.83. The predicted octanol–water partition coefficient (Wildman–Crippen LogP) is 3.92. The first-order valence-corrected chi connectivity index (χ1v) is 7.69. The van der Waals surface area contributed by atoms with Crippen LogP contribution in [0.5, 0.6) is 0 Å². The van der Waals surface area contributed by atoms with E-state index in [1.165, 1.54) is 0 Å². The minimum absolute atomic E-state index is 0.0577. The number of halogens is 2. The Morgan fingerprint density at radius 3 is 2.79 bits per heavy atom. The molecule has 1 aliphatic heterocycles. The molecule has 0 amide bonds. The minimum Gasteiger partial charge on any atom is -0.296 e. The normalized spacial score (nSPS) is 22.1. The lowest BCUT2D eigenvalue weighted by Crippen LogP contribution is -2.37. The Kier molecular flexibility index (Phi) is 4.56. The van der Waals surface area contributed by atoms with Crippen LogP contribution < -0.4 is 0 Å². The zero-order valence-corrected chi connectivity index (χ0v) is 12.6. The van der Waals surface area contributed by atoms with E-state index in [2.05, 4.69) is 36.0 Å². The van der Waals surface area contributed by atoms with E-state index in [4.69, 9.17) is 0 Å². The molecule has 1 atom stereocenters. The van der Waals surface area contributed by atoms with Crippen LogP contribution in [0.2, 0.25) is 0 Å². The highest BCUT2D eigenvalue weighted by atomic mass is 32.1. The number of thiazole rings is 1. The van der Waals surface area contributed by atoms with Gasteiger partial charge >= 0.3 is 0 Å². The molecule has 1 aromatic rings. The predicted molar refractivity (Wildman–Crippen MR) is 74.8 cm³/mol. The largest absolute Gasteiger partial charge is 0.296 e. The number of nitrogens with zero attached hydrogens (tertiary/aromatic N) is 2. The first-order valence-electron chi connectivity index (χ1n) is 6.81. The van der Waals surface area contributed by atoms with Crippen LogP contribution in [-0.2, 0) is 12.0 Å². The summed E-state index contributed by atoms with van der Waals surface area (Å²) in [6.45, 7) is 8.54. The summed E-state index contributed by atoms with van der Waals surface area (Å²) in [5, 5.41) is 3.13. The maximum absolute atomic E-state index is 12.8. The Balaban J connectivity index is 1.95. The SMILES string of the molecule is CC(C)(C)c1csc(CN2CCCC(C(F)F)C2)n1. The van der Waals surface area contributed by atoms with Gasteiger partial charge in [-0.3, -0.25) is 4.90 Å². The van der Waals surface area contributed by atoms with Gasteiger partial charge in [0.1, 0.15) is 5.01 Å². The molecule has 0 radical (unpaired) electrons. The van der Waals surface area contributed by atoms with Gasteiger partial charge in [0.2, 0.25) is 6.43 Å². The lowest BCUT2D eigenvalue weighted by atomic mass is 9.93. The molecular weight excluding hydrogens is 266 g/mol. The van der Waals surface area contributed by atoms with Crippen molar-refractivity contribution in [1.82, 2.24) is 9.88 Å². The van der Waals surface area contributed by atoms with Crippen molar-refractivity contribution < 1.29 is 8.78 Å². The topological polar surface area (TPSA) is 16.1 Å². The molecule has 1 aliphatic rings. The van der Waals surface area contributed by atoms with Crippen LogP contribution in [-0.4, -0.2) is 29.4 Å². The highest BCUT2D eigenvalue weighted by Crippen LogP contribution is 2.27. The van der Waals surface area contributed by atoms with E-state index < -0.39 is 12.3 Å². The molecule has 5 heteroatoms. The summed E-state index contributed by atoms with van der Waals surface area (Å²) >= 11 is 1.64. The van der Waals surface area contributed by atoms with Crippen molar-refractivity contribution >= 4 is 11.3 Å². The molecule has 0 bridgehead atoms. The van der Waals surface area contributed by atoms with E-state index in [1.54, 1.807) is 11.3 Å². The van der Waals surface area contributed by atoms with Gasteiger partial charge in [0.25, 0.3) is 0 Å². The monoisotopic (exact) mass is 288 g/mol. The third-order valence-electron chi connectivity index (χ3n) is 3.58. The van der Waals surface area contributed by atoms with Gasteiger partial charge in [-0.2, -0.15) is 0 Å². The van der Waals surface area contributed by atoms with E-state index >= 15 is 0 Å². The van der Waals surface area contributed by atoms with E-state index in [9.17, 15) is 8.78 Å². The van der Waals surface area contributed by atoms with E-state index in [0.29, 0.717) is 19.5 Å². The molecule has 0 aromatic carbocycles. The molecule has 0 N–H and O–H groups in total. The van der Waals surface area contributed by atoms with Crippen LogP contribution >= 0.6 is 11.3 Å². The standard InChI is InChI=1S/C14H22F2N2S/c1-14(2,3)11-9-19-12(17-11)8-18-6-4-5-10(7-18)13(15)16/h9-10,13H,4-8H2,1-3H3. The summed E-state index contributed by atoms with van der Waals surface area (Å²) in [7, 11) is 0. The van der Waals surface area contributed by atoms with Gasteiger partial charge in [-0.15, -0.1) is 11.3 Å². The maximum Gasteiger partial charge on any atom is 0.242 e. The summed E-state index contributed by atoms with van der Waals surface area (Å²) in [6, 6.07) is 0. The average Bonchev–Trinajstić information content (AvgIpc) is 2.77. The summed E-state index contributed by atoms with van der Waals surface area (Å²) in [5.74, 6) is -0.462. The number of likely N-dealkylation sites (tertiary alicyclic amines) is 1. The van der Waals surface area contributed by atoms with Crippen LogP contribution in [0, 0.1) is 5.92 Å². The highest BCUT2D eigenvalue weighted by Gasteiger charge is 2.27. The third-order valence-corrected chi connectivity index (χ3v) is 4.41. The minimum atomic E-state index is -2.19. The lowest BCUT2D eigenvalue weighted by molar-refractivity contribution is 0.0253. The molecule has 2 nitrogen and oxygen atoms in total. The molecule has 2 rings (SSSR count). The fraction of sp³-hybridized carbons (Fsp3) is 0.786. The van der Waals surface area contributed by atoms with Crippen molar-refractivity contribution in [2.75, 3.05) is 13.1 Å². The molecule has 19 heavy (non-hydrogen) atoms. The number of alkyl halides is 2. The summed E-state index contributed by atoms with van der Waals surface area (Å²) < 4.78 is 25.5. The number of aromatic nitrogens is 1. The maximum atomic E-state index is 12.8. The second-order valence-electron chi connectivity index (χ2n) is 6.35. The van der Waals surface area contributed by atoms with Gasteiger partial charge in [-0.25, -0.2) is 13.8 Å². The molecule has 1 unspecified atom stereocenters. The molecule has 2 heterocycles. The van der Waals surface area contributed by atoms with Gasteiger partial charge in [0.05, 0.1) is 12.2 Å². The van der Waals surface area contributed by atoms with Crippen molar-refractivity contribution in [3.8, 4) is 0 Å². The Morgan fingerprint density at radius 1 is 1.47 bits per heavy atom. The van der Waals surface area contributed by atoms with Gasteiger partial charge in [0.15, 0.2) is 0 Å². The number of hydrogen-bond acceptors (Lipinski definition) is 3. The first kappa shape index (κ1) is 14.9. The van der Waals surface area contributed by atoms with Gasteiger partial charge in [-0.1, -0.05) is 20.8 Å². The molecule has 108 valence electrons.